The van der Waals surface area contributed by atoms with E-state index in [2.05, 4.69) is 18.5 Å². The van der Waals surface area contributed by atoms with E-state index in [1.807, 2.05) is 68.5 Å². The van der Waals surface area contributed by atoms with Gasteiger partial charge in [0.25, 0.3) is 0 Å². The Hall–Kier alpha value is -2.35. The number of allylic oxidation sites excluding steroid dienone is 1. The first kappa shape index (κ1) is 16.7. The number of para-hydroxylation sites is 2. The highest BCUT2D eigenvalue weighted by Gasteiger charge is 2.02. The zero-order valence-electron chi connectivity index (χ0n) is 13.0. The van der Waals surface area contributed by atoms with Crippen LogP contribution in [0.25, 0.3) is 21.8 Å². The Kier molecular flexibility index (Phi) is 6.96. The molecule has 21 heavy (non-hydrogen) atoms. The molecule has 1 heterocycles. The van der Waals surface area contributed by atoms with E-state index >= 15 is 0 Å². The van der Waals surface area contributed by atoms with Gasteiger partial charge in [0.05, 0.1) is 0 Å². The van der Waals surface area contributed by atoms with Crippen LogP contribution in [0.15, 0.2) is 66.0 Å². The summed E-state index contributed by atoms with van der Waals surface area (Å²) >= 11 is 0. The molecular weight excluding hydrogens is 258 g/mol. The van der Waals surface area contributed by atoms with Crippen molar-refractivity contribution in [2.75, 3.05) is 0 Å². The van der Waals surface area contributed by atoms with Gasteiger partial charge in [0, 0.05) is 21.8 Å². The Morgan fingerprint density at radius 3 is 1.71 bits per heavy atom. The molecule has 0 radical (unpaired) electrons. The lowest BCUT2D eigenvalue weighted by molar-refractivity contribution is 1.23. The highest BCUT2D eigenvalue weighted by molar-refractivity contribution is 5.92. The van der Waals surface area contributed by atoms with E-state index in [0.29, 0.717) is 0 Å². The molecule has 0 saturated carbocycles. The molecule has 2 nitrogen and oxygen atoms in total. The summed E-state index contributed by atoms with van der Waals surface area (Å²) in [7, 11) is 0. The van der Waals surface area contributed by atoms with Gasteiger partial charge in [0.1, 0.15) is 0 Å². The van der Waals surface area contributed by atoms with E-state index in [0.717, 1.165) is 28.2 Å². The third-order valence-corrected chi connectivity index (χ3v) is 2.90. The second kappa shape index (κ2) is 8.75. The number of rotatable bonds is 1. The zero-order chi connectivity index (χ0) is 15.7. The number of benzene rings is 2. The molecule has 0 aliphatic rings. The summed E-state index contributed by atoms with van der Waals surface area (Å²) in [5.74, 6) is 0. The number of aromatic nitrogens is 1. The minimum Gasteiger partial charge on any atom is -0.354 e. The first-order chi connectivity index (χ1) is 10.3. The van der Waals surface area contributed by atoms with Crippen molar-refractivity contribution >= 4 is 21.8 Å². The summed E-state index contributed by atoms with van der Waals surface area (Å²) in [5, 5.41) is 1.49. The first-order valence-corrected chi connectivity index (χ1v) is 7.38. The summed E-state index contributed by atoms with van der Waals surface area (Å²) in [6.07, 6.45) is 2.96. The highest BCUT2D eigenvalue weighted by atomic mass is 16.1. The third-order valence-electron chi connectivity index (χ3n) is 2.90. The Bertz CT molecular complexity index is 699. The molecule has 0 spiro atoms. The molecule has 0 fully saturated rings. The minimum atomic E-state index is 0.0972. The van der Waals surface area contributed by atoms with E-state index < -0.39 is 0 Å². The molecule has 110 valence electrons. The fourth-order valence-electron chi connectivity index (χ4n) is 1.87. The summed E-state index contributed by atoms with van der Waals surface area (Å²) in [6, 6.07) is 15.1. The second-order valence-electron chi connectivity index (χ2n) is 4.24. The van der Waals surface area contributed by atoms with Crippen LogP contribution in [-0.2, 0) is 0 Å². The highest BCUT2D eigenvalue weighted by Crippen LogP contribution is 2.13. The Balaban J connectivity index is 0.000000322. The molecule has 0 amide bonds. The van der Waals surface area contributed by atoms with Gasteiger partial charge in [-0.15, -0.1) is 6.58 Å². The molecule has 1 N–H and O–H groups in total. The van der Waals surface area contributed by atoms with Crippen molar-refractivity contribution in [2.24, 2.45) is 0 Å². The summed E-state index contributed by atoms with van der Waals surface area (Å²) in [4.78, 5) is 15.3. The van der Waals surface area contributed by atoms with Gasteiger partial charge < -0.3 is 4.98 Å². The van der Waals surface area contributed by atoms with E-state index in [1.54, 1.807) is 0 Å². The van der Waals surface area contributed by atoms with Crippen molar-refractivity contribution in [1.82, 2.24) is 4.98 Å². The SMILES string of the molecule is C=CCC.CC.O=c1c2ccccc2[nH]c2ccccc12. The summed E-state index contributed by atoms with van der Waals surface area (Å²) < 4.78 is 0. The fraction of sp³-hybridized carbons (Fsp3) is 0.211. The number of aromatic amines is 1. The van der Waals surface area contributed by atoms with Gasteiger partial charge in [0.2, 0.25) is 0 Å². The predicted molar refractivity (Wildman–Crippen MR) is 93.9 cm³/mol. The maximum absolute atomic E-state index is 12.1. The molecule has 0 bridgehead atoms. The molecule has 0 aliphatic carbocycles. The van der Waals surface area contributed by atoms with Crippen molar-refractivity contribution in [3.05, 3.63) is 71.4 Å². The van der Waals surface area contributed by atoms with Crippen LogP contribution in [0.4, 0.5) is 0 Å². The monoisotopic (exact) mass is 281 g/mol. The van der Waals surface area contributed by atoms with E-state index in [4.69, 9.17) is 0 Å². The maximum atomic E-state index is 12.1. The fourth-order valence-corrected chi connectivity index (χ4v) is 1.87. The molecule has 2 heteroatoms. The lowest BCUT2D eigenvalue weighted by atomic mass is 10.1. The molecule has 1 aromatic heterocycles. The number of hydrogen-bond acceptors (Lipinski definition) is 1. The van der Waals surface area contributed by atoms with Gasteiger partial charge in [-0.2, -0.15) is 0 Å². The van der Waals surface area contributed by atoms with Gasteiger partial charge in [-0.3, -0.25) is 4.79 Å². The number of fused-ring (bicyclic) bond motifs is 2. The zero-order valence-corrected chi connectivity index (χ0v) is 13.0. The second-order valence-corrected chi connectivity index (χ2v) is 4.24. The van der Waals surface area contributed by atoms with Crippen molar-refractivity contribution < 1.29 is 0 Å². The van der Waals surface area contributed by atoms with Crippen LogP contribution in [0, 0.1) is 0 Å². The van der Waals surface area contributed by atoms with Gasteiger partial charge >= 0.3 is 0 Å². The first-order valence-electron chi connectivity index (χ1n) is 7.38. The van der Waals surface area contributed by atoms with Gasteiger partial charge in [-0.05, 0) is 30.7 Å². The lowest BCUT2D eigenvalue weighted by Gasteiger charge is -2.01. The summed E-state index contributed by atoms with van der Waals surface area (Å²) in [5.41, 5.74) is 1.88. The minimum absolute atomic E-state index is 0.0972. The van der Waals surface area contributed by atoms with Gasteiger partial charge in [0.15, 0.2) is 5.43 Å². The average Bonchev–Trinajstić information content (AvgIpc) is 2.57. The number of H-pyrrole nitrogens is 1. The van der Waals surface area contributed by atoms with E-state index in [1.165, 1.54) is 0 Å². The predicted octanol–water partition coefficient (Wildman–Crippen LogP) is 5.29. The van der Waals surface area contributed by atoms with Crippen LogP contribution in [0.5, 0.6) is 0 Å². The van der Waals surface area contributed by atoms with Crippen LogP contribution in [-0.4, -0.2) is 4.98 Å². The Morgan fingerprint density at radius 1 is 0.952 bits per heavy atom. The molecule has 3 aromatic rings. The third kappa shape index (κ3) is 4.06. The van der Waals surface area contributed by atoms with Crippen molar-refractivity contribution in [3.63, 3.8) is 0 Å². The molecule has 0 aliphatic heterocycles. The number of pyridine rings is 1. The van der Waals surface area contributed by atoms with Crippen LogP contribution >= 0.6 is 0 Å². The molecular formula is C19H23NO. The number of hydrogen-bond donors (Lipinski definition) is 1. The van der Waals surface area contributed by atoms with E-state index in [-0.39, 0.29) is 5.43 Å². The summed E-state index contributed by atoms with van der Waals surface area (Å²) in [6.45, 7) is 9.54. The average molecular weight is 281 g/mol. The smallest absolute Gasteiger partial charge is 0.197 e. The molecule has 3 rings (SSSR count). The Labute approximate surface area is 126 Å². The quantitative estimate of drug-likeness (QED) is 0.477. The maximum Gasteiger partial charge on any atom is 0.197 e. The largest absolute Gasteiger partial charge is 0.354 e. The van der Waals surface area contributed by atoms with Crippen LogP contribution in [0.3, 0.4) is 0 Å². The topological polar surface area (TPSA) is 32.9 Å². The van der Waals surface area contributed by atoms with Crippen molar-refractivity contribution in [1.29, 1.82) is 0 Å². The van der Waals surface area contributed by atoms with Crippen molar-refractivity contribution in [2.45, 2.75) is 27.2 Å². The normalized spacial score (nSPS) is 9.29. The van der Waals surface area contributed by atoms with Gasteiger partial charge in [-0.1, -0.05) is 51.1 Å². The van der Waals surface area contributed by atoms with E-state index in [9.17, 15) is 4.79 Å². The standard InChI is InChI=1S/C13H9NO.C4H8.C2H6/c15-13-9-5-1-3-7-11(9)14-12-8-4-2-6-10(12)13;1-3-4-2;1-2/h1-8H,(H,14,15);3H,1,4H2,2H3;1-2H3. The van der Waals surface area contributed by atoms with Gasteiger partial charge in [-0.25, -0.2) is 0 Å². The number of nitrogens with one attached hydrogen (secondary N) is 1. The Morgan fingerprint density at radius 2 is 1.33 bits per heavy atom. The molecule has 0 unspecified atom stereocenters. The van der Waals surface area contributed by atoms with Crippen LogP contribution in [0.1, 0.15) is 27.2 Å². The lowest BCUT2D eigenvalue weighted by Crippen LogP contribution is -2.03. The molecule has 0 saturated heterocycles. The molecule has 0 atom stereocenters. The van der Waals surface area contributed by atoms with Crippen molar-refractivity contribution in [3.8, 4) is 0 Å². The van der Waals surface area contributed by atoms with Crippen LogP contribution in [0.2, 0.25) is 0 Å². The van der Waals surface area contributed by atoms with Crippen LogP contribution < -0.4 is 5.43 Å². The molecule has 2 aromatic carbocycles.